The predicted octanol–water partition coefficient (Wildman–Crippen LogP) is 8.18. The van der Waals surface area contributed by atoms with Gasteiger partial charge in [0.05, 0.1) is 35.3 Å². The first-order valence-corrected chi connectivity index (χ1v) is 16.7. The minimum atomic E-state index is -0.203. The van der Waals surface area contributed by atoms with Gasteiger partial charge in [-0.1, -0.05) is 36.0 Å². The summed E-state index contributed by atoms with van der Waals surface area (Å²) in [5.74, 6) is -0.407. The average Bonchev–Trinajstić information content (AvgIpc) is 3.03. The molecule has 0 unspecified atom stereocenters. The number of aryl methyl sites for hydroxylation is 2. The van der Waals surface area contributed by atoms with E-state index in [1.165, 1.54) is 0 Å². The van der Waals surface area contributed by atoms with Gasteiger partial charge < -0.3 is 18.6 Å². The molecule has 0 aliphatic heterocycles. The molecule has 0 bridgehead atoms. The van der Waals surface area contributed by atoms with E-state index in [1.807, 2.05) is 24.3 Å². The van der Waals surface area contributed by atoms with Crippen molar-refractivity contribution in [2.75, 3.05) is 13.2 Å². The number of carbonyl (C=O) groups is 2. The molecule has 242 valence electrons. The Morgan fingerprint density at radius 1 is 0.565 bits per heavy atom. The maximum absolute atomic E-state index is 14.0. The third-order valence-corrected chi connectivity index (χ3v) is 8.78. The number of nitrogens with zero attached hydrogens (tertiary/aromatic N) is 2. The van der Waals surface area contributed by atoms with Crippen molar-refractivity contribution in [2.45, 2.75) is 78.3 Å². The highest BCUT2D eigenvalue weighted by Crippen LogP contribution is 2.29. The maximum atomic E-state index is 14.0. The van der Waals surface area contributed by atoms with Crippen LogP contribution in [-0.4, -0.2) is 34.3 Å². The Bertz CT molecular complexity index is 1900. The van der Waals surface area contributed by atoms with Crippen LogP contribution in [0.3, 0.4) is 0 Å². The summed E-state index contributed by atoms with van der Waals surface area (Å²) in [6.07, 6.45) is 5.21. The van der Waals surface area contributed by atoms with E-state index < -0.39 is 0 Å². The second-order valence-electron chi connectivity index (χ2n) is 11.4. The van der Waals surface area contributed by atoms with E-state index >= 15 is 0 Å². The van der Waals surface area contributed by atoms with E-state index in [9.17, 15) is 19.2 Å². The summed E-state index contributed by atoms with van der Waals surface area (Å²) >= 11 is 12.7. The van der Waals surface area contributed by atoms with Gasteiger partial charge in [0, 0.05) is 57.5 Å². The number of hydrogen-bond donors (Lipinski definition) is 0. The Labute approximate surface area is 276 Å². The summed E-state index contributed by atoms with van der Waals surface area (Å²) in [6.45, 7) is 5.48. The average molecular weight is 666 g/mol. The van der Waals surface area contributed by atoms with Crippen LogP contribution >= 0.6 is 23.2 Å². The van der Waals surface area contributed by atoms with Crippen molar-refractivity contribution in [3.63, 3.8) is 0 Å². The molecule has 0 spiro atoms. The second kappa shape index (κ2) is 15.1. The Hall–Kier alpha value is -3.88. The molecule has 0 atom stereocenters. The van der Waals surface area contributed by atoms with Crippen molar-refractivity contribution < 1.29 is 19.1 Å². The number of benzene rings is 3. The van der Waals surface area contributed by atoms with E-state index in [-0.39, 0.29) is 22.8 Å². The lowest BCUT2D eigenvalue weighted by Crippen LogP contribution is -2.16. The molecule has 0 saturated carbocycles. The van der Waals surface area contributed by atoms with Crippen molar-refractivity contribution in [3.8, 4) is 0 Å². The highest BCUT2D eigenvalue weighted by molar-refractivity contribution is 6.31. The molecule has 0 aliphatic rings. The zero-order valence-corrected chi connectivity index (χ0v) is 27.7. The van der Waals surface area contributed by atoms with Crippen LogP contribution in [0, 0.1) is 0 Å². The van der Waals surface area contributed by atoms with E-state index in [2.05, 4.69) is 9.13 Å². The number of carbonyl (C=O) groups excluding carboxylic acids is 2. The SMILES string of the molecule is CCOC(=O)CCCCCn1c2ccc(Cl)cc2c(=O)c2cc3c(cc21)c(=O)c1cc(Cl)ccc1n3CCCCCC(=O)OCC. The van der Waals surface area contributed by atoms with Gasteiger partial charge in [0.2, 0.25) is 0 Å². The van der Waals surface area contributed by atoms with Crippen LogP contribution in [0.25, 0.3) is 43.6 Å². The van der Waals surface area contributed by atoms with Gasteiger partial charge in [-0.15, -0.1) is 0 Å². The highest BCUT2D eigenvalue weighted by atomic mass is 35.5. The molecular formula is C36H38Cl2N2O6. The van der Waals surface area contributed by atoms with Gasteiger partial charge in [0.1, 0.15) is 0 Å². The Kier molecular flexibility index (Phi) is 11.0. The van der Waals surface area contributed by atoms with Gasteiger partial charge in [-0.3, -0.25) is 19.2 Å². The standard InChI is InChI=1S/C36H38Cl2N2O6/c1-3-45-33(41)11-7-5-9-17-39-29-15-13-23(37)19-25(29)35(43)27-22-32-28(21-31(27)39)36(44)26-20-24(38)14-16-30(26)40(32)18-10-6-8-12-34(42)46-4-2/h13-16,19-22H,3-12,17-18H2,1-2H3. The minimum absolute atomic E-state index is 0.155. The lowest BCUT2D eigenvalue weighted by molar-refractivity contribution is -0.144. The van der Waals surface area contributed by atoms with E-state index in [1.54, 1.807) is 38.1 Å². The van der Waals surface area contributed by atoms with Gasteiger partial charge in [-0.05, 0) is 88.1 Å². The largest absolute Gasteiger partial charge is 0.466 e. The number of ether oxygens (including phenoxy) is 2. The van der Waals surface area contributed by atoms with Crippen LogP contribution in [0.2, 0.25) is 10.0 Å². The molecule has 5 rings (SSSR count). The molecule has 2 heterocycles. The zero-order valence-electron chi connectivity index (χ0n) is 26.2. The molecule has 0 saturated heterocycles. The fourth-order valence-corrected chi connectivity index (χ4v) is 6.51. The number of fused-ring (bicyclic) bond motifs is 4. The number of esters is 2. The molecule has 2 aromatic heterocycles. The predicted molar refractivity (Wildman–Crippen MR) is 185 cm³/mol. The summed E-state index contributed by atoms with van der Waals surface area (Å²) in [5.41, 5.74) is 2.49. The van der Waals surface area contributed by atoms with Crippen LogP contribution in [0.5, 0.6) is 0 Å². The summed E-state index contributed by atoms with van der Waals surface area (Å²) < 4.78 is 14.3. The van der Waals surface area contributed by atoms with Crippen LogP contribution in [0.1, 0.15) is 65.2 Å². The molecule has 46 heavy (non-hydrogen) atoms. The van der Waals surface area contributed by atoms with Crippen molar-refractivity contribution in [1.82, 2.24) is 9.13 Å². The monoisotopic (exact) mass is 664 g/mol. The normalized spacial score (nSPS) is 11.6. The topological polar surface area (TPSA) is 96.6 Å². The lowest BCUT2D eigenvalue weighted by Gasteiger charge is -2.19. The van der Waals surface area contributed by atoms with Gasteiger partial charge in [0.15, 0.2) is 10.9 Å². The molecule has 0 aliphatic carbocycles. The van der Waals surface area contributed by atoms with Crippen molar-refractivity contribution in [3.05, 3.63) is 79.0 Å². The Balaban J connectivity index is 1.61. The molecular weight excluding hydrogens is 627 g/mol. The number of pyridine rings is 2. The summed E-state index contributed by atoms with van der Waals surface area (Å²) in [4.78, 5) is 51.6. The second-order valence-corrected chi connectivity index (χ2v) is 12.3. The molecule has 8 nitrogen and oxygen atoms in total. The molecule has 0 amide bonds. The molecule has 3 aromatic carbocycles. The number of unbranched alkanes of at least 4 members (excludes halogenated alkanes) is 4. The first-order chi connectivity index (χ1) is 22.2. The zero-order chi connectivity index (χ0) is 32.8. The van der Waals surface area contributed by atoms with Crippen molar-refractivity contribution in [1.29, 1.82) is 0 Å². The van der Waals surface area contributed by atoms with Crippen LogP contribution < -0.4 is 10.9 Å². The third kappa shape index (κ3) is 7.24. The number of rotatable bonds is 14. The molecule has 10 heteroatoms. The van der Waals surface area contributed by atoms with Gasteiger partial charge in [-0.2, -0.15) is 0 Å². The number of aromatic nitrogens is 2. The lowest BCUT2D eigenvalue weighted by atomic mass is 10.0. The van der Waals surface area contributed by atoms with Crippen LogP contribution in [0.15, 0.2) is 58.1 Å². The minimum Gasteiger partial charge on any atom is -0.466 e. The van der Waals surface area contributed by atoms with E-state index in [0.29, 0.717) is 94.6 Å². The Morgan fingerprint density at radius 3 is 1.35 bits per heavy atom. The fourth-order valence-electron chi connectivity index (χ4n) is 6.17. The highest BCUT2D eigenvalue weighted by Gasteiger charge is 2.18. The number of halogens is 2. The first kappa shape index (κ1) is 33.5. The van der Waals surface area contributed by atoms with Crippen LogP contribution in [0.4, 0.5) is 0 Å². The molecule has 5 aromatic rings. The third-order valence-electron chi connectivity index (χ3n) is 8.31. The molecule has 0 fully saturated rings. The number of hydrogen-bond acceptors (Lipinski definition) is 6. The smallest absolute Gasteiger partial charge is 0.305 e. The maximum Gasteiger partial charge on any atom is 0.305 e. The molecule has 0 N–H and O–H groups in total. The summed E-state index contributed by atoms with van der Waals surface area (Å²) in [6, 6.07) is 14.3. The summed E-state index contributed by atoms with van der Waals surface area (Å²) in [5, 5.41) is 2.94. The van der Waals surface area contributed by atoms with Gasteiger partial charge in [0.25, 0.3) is 0 Å². The van der Waals surface area contributed by atoms with E-state index in [4.69, 9.17) is 32.7 Å². The van der Waals surface area contributed by atoms with Crippen molar-refractivity contribution >= 4 is 78.8 Å². The Morgan fingerprint density at radius 2 is 0.957 bits per heavy atom. The fraction of sp³-hybridized carbons (Fsp3) is 0.389. The quantitative estimate of drug-likeness (QED) is 0.0675. The van der Waals surface area contributed by atoms with Crippen LogP contribution in [-0.2, 0) is 32.2 Å². The van der Waals surface area contributed by atoms with Crippen molar-refractivity contribution in [2.24, 2.45) is 0 Å². The summed E-state index contributed by atoms with van der Waals surface area (Å²) in [7, 11) is 0. The first-order valence-electron chi connectivity index (χ1n) is 16.0. The van der Waals surface area contributed by atoms with E-state index in [0.717, 1.165) is 36.7 Å². The van der Waals surface area contributed by atoms with Gasteiger partial charge in [-0.25, -0.2) is 0 Å². The molecule has 0 radical (unpaired) electrons. The van der Waals surface area contributed by atoms with Gasteiger partial charge >= 0.3 is 11.9 Å².